The summed E-state index contributed by atoms with van der Waals surface area (Å²) in [5, 5.41) is 3.05. The summed E-state index contributed by atoms with van der Waals surface area (Å²) in [5.74, 6) is -0.520. The van der Waals surface area contributed by atoms with Gasteiger partial charge in [0.15, 0.2) is 5.60 Å². The SMILES string of the molecule is CC(=O)N1CCOC(Cc2cccc(-c3cccc(F)c3)c2)(C(=O)NC2CC2)C1. The Morgan fingerprint density at radius 2 is 1.90 bits per heavy atom. The first-order valence-corrected chi connectivity index (χ1v) is 10.0. The minimum atomic E-state index is -1.12. The largest absolute Gasteiger partial charge is 0.361 e. The maximum absolute atomic E-state index is 13.6. The number of rotatable bonds is 5. The molecular weight excluding hydrogens is 371 g/mol. The van der Waals surface area contributed by atoms with Gasteiger partial charge in [0.25, 0.3) is 5.91 Å². The molecule has 2 fully saturated rings. The lowest BCUT2D eigenvalue weighted by molar-refractivity contribution is -0.165. The molecule has 1 unspecified atom stereocenters. The van der Waals surface area contributed by atoms with Gasteiger partial charge in [0.1, 0.15) is 5.82 Å². The number of hydrogen-bond acceptors (Lipinski definition) is 3. The van der Waals surface area contributed by atoms with Gasteiger partial charge in [0, 0.05) is 25.9 Å². The van der Waals surface area contributed by atoms with E-state index < -0.39 is 5.60 Å². The summed E-state index contributed by atoms with van der Waals surface area (Å²) >= 11 is 0. The number of amides is 2. The van der Waals surface area contributed by atoms with Crippen LogP contribution in [0, 0.1) is 5.82 Å². The highest BCUT2D eigenvalue weighted by atomic mass is 19.1. The third-order valence-electron chi connectivity index (χ3n) is 5.53. The summed E-state index contributed by atoms with van der Waals surface area (Å²) in [4.78, 5) is 26.8. The number of ether oxygens (including phenoxy) is 1. The monoisotopic (exact) mass is 396 g/mol. The normalized spacial score (nSPS) is 21.7. The van der Waals surface area contributed by atoms with Crippen molar-refractivity contribution in [1.82, 2.24) is 10.2 Å². The van der Waals surface area contributed by atoms with E-state index in [1.165, 1.54) is 19.1 Å². The molecule has 6 heteroatoms. The second kappa shape index (κ2) is 7.95. The van der Waals surface area contributed by atoms with E-state index in [2.05, 4.69) is 5.32 Å². The average molecular weight is 396 g/mol. The number of morpholine rings is 1. The van der Waals surface area contributed by atoms with Crippen LogP contribution < -0.4 is 5.32 Å². The van der Waals surface area contributed by atoms with E-state index in [0.29, 0.717) is 19.6 Å². The van der Waals surface area contributed by atoms with Gasteiger partial charge >= 0.3 is 0 Å². The molecular formula is C23H25FN2O3. The molecule has 0 spiro atoms. The second-order valence-corrected chi connectivity index (χ2v) is 7.92. The van der Waals surface area contributed by atoms with Crippen LogP contribution in [-0.2, 0) is 20.7 Å². The van der Waals surface area contributed by atoms with E-state index in [-0.39, 0.29) is 30.2 Å². The highest BCUT2D eigenvalue weighted by Gasteiger charge is 2.46. The van der Waals surface area contributed by atoms with E-state index in [4.69, 9.17) is 4.74 Å². The van der Waals surface area contributed by atoms with Gasteiger partial charge in [0.05, 0.1) is 13.2 Å². The number of carbonyl (C=O) groups is 2. The van der Waals surface area contributed by atoms with Gasteiger partial charge < -0.3 is 15.0 Å². The molecule has 2 aromatic carbocycles. The number of nitrogens with one attached hydrogen (secondary N) is 1. The lowest BCUT2D eigenvalue weighted by Crippen LogP contribution is -2.62. The lowest BCUT2D eigenvalue weighted by atomic mass is 9.89. The summed E-state index contributed by atoms with van der Waals surface area (Å²) < 4.78 is 19.7. The molecule has 4 rings (SSSR count). The Kier molecular flexibility index (Phi) is 5.37. The van der Waals surface area contributed by atoms with Gasteiger partial charge in [0.2, 0.25) is 5.91 Å². The molecule has 5 nitrogen and oxygen atoms in total. The molecule has 2 aromatic rings. The van der Waals surface area contributed by atoms with Gasteiger partial charge in [-0.1, -0.05) is 36.4 Å². The average Bonchev–Trinajstić information content (AvgIpc) is 3.52. The number of carbonyl (C=O) groups excluding carboxylic acids is 2. The Morgan fingerprint density at radius 3 is 2.59 bits per heavy atom. The van der Waals surface area contributed by atoms with E-state index in [1.807, 2.05) is 30.3 Å². The molecule has 29 heavy (non-hydrogen) atoms. The molecule has 1 N–H and O–H groups in total. The Morgan fingerprint density at radius 1 is 1.17 bits per heavy atom. The fraction of sp³-hybridized carbons (Fsp3) is 0.391. The van der Waals surface area contributed by atoms with Crippen LogP contribution in [0.15, 0.2) is 48.5 Å². The zero-order valence-electron chi connectivity index (χ0n) is 16.5. The van der Waals surface area contributed by atoms with Crippen molar-refractivity contribution < 1.29 is 18.7 Å². The van der Waals surface area contributed by atoms with Crippen LogP contribution in [0.25, 0.3) is 11.1 Å². The first kappa shape index (κ1) is 19.6. The minimum absolute atomic E-state index is 0.0644. The fourth-order valence-corrected chi connectivity index (χ4v) is 3.78. The molecule has 1 heterocycles. The van der Waals surface area contributed by atoms with Crippen molar-refractivity contribution in [3.63, 3.8) is 0 Å². The van der Waals surface area contributed by atoms with Crippen LogP contribution in [0.4, 0.5) is 4.39 Å². The van der Waals surface area contributed by atoms with Crippen LogP contribution in [0.2, 0.25) is 0 Å². The second-order valence-electron chi connectivity index (χ2n) is 7.92. The van der Waals surface area contributed by atoms with E-state index in [0.717, 1.165) is 29.5 Å². The van der Waals surface area contributed by atoms with Crippen molar-refractivity contribution in [3.8, 4) is 11.1 Å². The predicted molar refractivity (Wildman–Crippen MR) is 108 cm³/mol. The Balaban J connectivity index is 1.63. The standard InChI is InChI=1S/C23H25FN2O3/c1-16(27)26-10-11-29-23(15-26,22(28)25-21-8-9-21)14-17-4-2-5-18(12-17)19-6-3-7-20(24)13-19/h2-7,12-13,21H,8-11,14-15H2,1H3,(H,25,28). The van der Waals surface area contributed by atoms with Crippen molar-refractivity contribution >= 4 is 11.8 Å². The molecule has 0 radical (unpaired) electrons. The highest BCUT2D eigenvalue weighted by Crippen LogP contribution is 2.29. The van der Waals surface area contributed by atoms with Crippen molar-refractivity contribution in [2.24, 2.45) is 0 Å². The molecule has 1 atom stereocenters. The molecule has 1 aliphatic heterocycles. The third-order valence-corrected chi connectivity index (χ3v) is 5.53. The van der Waals surface area contributed by atoms with E-state index in [1.54, 1.807) is 11.0 Å². The molecule has 152 valence electrons. The van der Waals surface area contributed by atoms with Crippen LogP contribution >= 0.6 is 0 Å². The van der Waals surface area contributed by atoms with Crippen LogP contribution in [0.5, 0.6) is 0 Å². The van der Waals surface area contributed by atoms with Crippen molar-refractivity contribution in [2.75, 3.05) is 19.7 Å². The summed E-state index contributed by atoms with van der Waals surface area (Å²) in [6, 6.07) is 14.3. The molecule has 2 aliphatic rings. The Labute approximate surface area is 169 Å². The highest BCUT2D eigenvalue weighted by molar-refractivity contribution is 5.87. The van der Waals surface area contributed by atoms with Crippen LogP contribution in [0.1, 0.15) is 25.3 Å². The number of benzene rings is 2. The van der Waals surface area contributed by atoms with Gasteiger partial charge in [-0.25, -0.2) is 4.39 Å². The van der Waals surface area contributed by atoms with Crippen LogP contribution in [-0.4, -0.2) is 48.1 Å². The van der Waals surface area contributed by atoms with Gasteiger partial charge in [-0.2, -0.15) is 0 Å². The zero-order chi connectivity index (χ0) is 20.4. The maximum atomic E-state index is 13.6. The van der Waals surface area contributed by atoms with Gasteiger partial charge in [-0.15, -0.1) is 0 Å². The topological polar surface area (TPSA) is 58.6 Å². The van der Waals surface area contributed by atoms with Crippen molar-refractivity contribution in [2.45, 2.75) is 37.8 Å². The molecule has 1 saturated carbocycles. The molecule has 1 aliphatic carbocycles. The van der Waals surface area contributed by atoms with E-state index >= 15 is 0 Å². The summed E-state index contributed by atoms with van der Waals surface area (Å²) in [5.41, 5.74) is 1.44. The molecule has 1 saturated heterocycles. The van der Waals surface area contributed by atoms with Crippen molar-refractivity contribution in [3.05, 3.63) is 59.9 Å². The van der Waals surface area contributed by atoms with Crippen LogP contribution in [0.3, 0.4) is 0 Å². The Hall–Kier alpha value is -2.73. The lowest BCUT2D eigenvalue weighted by Gasteiger charge is -2.41. The van der Waals surface area contributed by atoms with Gasteiger partial charge in [-0.3, -0.25) is 9.59 Å². The first-order chi connectivity index (χ1) is 13.9. The Bertz CT molecular complexity index is 928. The predicted octanol–water partition coefficient (Wildman–Crippen LogP) is 2.93. The van der Waals surface area contributed by atoms with E-state index in [9.17, 15) is 14.0 Å². The number of halogens is 1. The summed E-state index contributed by atoms with van der Waals surface area (Å²) in [7, 11) is 0. The smallest absolute Gasteiger partial charge is 0.254 e. The van der Waals surface area contributed by atoms with Gasteiger partial charge in [-0.05, 0) is 41.7 Å². The summed E-state index contributed by atoms with van der Waals surface area (Å²) in [6.07, 6.45) is 2.30. The van der Waals surface area contributed by atoms with Crippen molar-refractivity contribution in [1.29, 1.82) is 0 Å². The number of nitrogens with zero attached hydrogens (tertiary/aromatic N) is 1. The number of hydrogen-bond donors (Lipinski definition) is 1. The first-order valence-electron chi connectivity index (χ1n) is 10.0. The third kappa shape index (κ3) is 4.48. The molecule has 0 aromatic heterocycles. The summed E-state index contributed by atoms with van der Waals surface area (Å²) in [6.45, 7) is 2.54. The molecule has 0 bridgehead atoms. The maximum Gasteiger partial charge on any atom is 0.254 e. The minimum Gasteiger partial charge on any atom is -0.361 e. The zero-order valence-corrected chi connectivity index (χ0v) is 16.5. The quantitative estimate of drug-likeness (QED) is 0.846. The molecule has 2 amide bonds. The fourth-order valence-electron chi connectivity index (χ4n) is 3.78.